The van der Waals surface area contributed by atoms with E-state index in [1.165, 1.54) is 5.56 Å². The van der Waals surface area contributed by atoms with Crippen molar-refractivity contribution in [1.82, 2.24) is 10.2 Å². The number of nitrogens with zero attached hydrogens (tertiary/aromatic N) is 1. The average Bonchev–Trinajstić information content (AvgIpc) is 3.43. The Balaban J connectivity index is 1.59. The zero-order valence-corrected chi connectivity index (χ0v) is 22.9. The van der Waals surface area contributed by atoms with Crippen LogP contribution in [0.25, 0.3) is 0 Å². The Bertz CT molecular complexity index is 1180. The first-order chi connectivity index (χ1) is 18.4. The molecule has 0 saturated heterocycles. The van der Waals surface area contributed by atoms with Crippen molar-refractivity contribution in [1.29, 1.82) is 0 Å². The molecule has 1 aliphatic carbocycles. The van der Waals surface area contributed by atoms with Crippen LogP contribution < -0.4 is 10.1 Å². The summed E-state index contributed by atoms with van der Waals surface area (Å²) in [6, 6.07) is 25.4. The molecule has 200 valence electrons. The number of carbonyl (C=O) groups is 2. The predicted molar refractivity (Wildman–Crippen MR) is 152 cm³/mol. The number of hydrogen-bond acceptors (Lipinski definition) is 3. The number of benzene rings is 3. The molecule has 0 radical (unpaired) electrons. The molecule has 1 atom stereocenters. The molecular formula is C33H40N2O3. The number of carbonyl (C=O) groups excluding carboxylic acids is 2. The summed E-state index contributed by atoms with van der Waals surface area (Å²) in [4.78, 5) is 29.2. The van der Waals surface area contributed by atoms with Gasteiger partial charge in [-0.25, -0.2) is 0 Å². The van der Waals surface area contributed by atoms with Gasteiger partial charge in [0.15, 0.2) is 6.61 Å². The Kier molecular flexibility index (Phi) is 9.58. The molecule has 0 bridgehead atoms. The predicted octanol–water partition coefficient (Wildman–Crippen LogP) is 6.20. The molecular weight excluding hydrogens is 472 g/mol. The highest BCUT2D eigenvalue weighted by Crippen LogP contribution is 2.22. The van der Waals surface area contributed by atoms with Crippen LogP contribution in [0.15, 0.2) is 78.9 Å². The molecule has 0 aromatic heterocycles. The van der Waals surface area contributed by atoms with E-state index in [1.807, 2.05) is 79.7 Å². The zero-order chi connectivity index (χ0) is 26.9. The summed E-state index contributed by atoms with van der Waals surface area (Å²) in [5.74, 6) is 0.769. The summed E-state index contributed by atoms with van der Waals surface area (Å²) in [7, 11) is 0. The Morgan fingerprint density at radius 3 is 2.26 bits per heavy atom. The Hall–Kier alpha value is -3.60. The molecule has 5 heteroatoms. The molecule has 4 rings (SSSR count). The van der Waals surface area contributed by atoms with E-state index in [9.17, 15) is 9.59 Å². The van der Waals surface area contributed by atoms with Crippen LogP contribution >= 0.6 is 0 Å². The van der Waals surface area contributed by atoms with Gasteiger partial charge >= 0.3 is 0 Å². The fraction of sp³-hybridized carbons (Fsp3) is 0.394. The maximum atomic E-state index is 13.8. The topological polar surface area (TPSA) is 58.6 Å². The molecule has 1 aliphatic rings. The molecule has 38 heavy (non-hydrogen) atoms. The second-order valence-corrected chi connectivity index (χ2v) is 10.7. The van der Waals surface area contributed by atoms with Crippen LogP contribution in [-0.2, 0) is 22.6 Å². The average molecular weight is 513 g/mol. The fourth-order valence-electron chi connectivity index (χ4n) is 5.11. The van der Waals surface area contributed by atoms with E-state index >= 15 is 0 Å². The van der Waals surface area contributed by atoms with Gasteiger partial charge in [-0.05, 0) is 54.5 Å². The molecule has 0 aliphatic heterocycles. The molecule has 3 aromatic carbocycles. The van der Waals surface area contributed by atoms with Crippen molar-refractivity contribution < 1.29 is 14.3 Å². The van der Waals surface area contributed by atoms with Crippen molar-refractivity contribution in [3.05, 3.63) is 101 Å². The molecule has 1 N–H and O–H groups in total. The maximum absolute atomic E-state index is 13.8. The number of ether oxygens (including phenoxy) is 1. The van der Waals surface area contributed by atoms with E-state index < -0.39 is 6.04 Å². The Morgan fingerprint density at radius 1 is 0.921 bits per heavy atom. The van der Waals surface area contributed by atoms with Gasteiger partial charge in [0.05, 0.1) is 0 Å². The monoisotopic (exact) mass is 512 g/mol. The first-order valence-corrected chi connectivity index (χ1v) is 13.8. The third kappa shape index (κ3) is 7.70. The summed E-state index contributed by atoms with van der Waals surface area (Å²) in [6.07, 6.45) is 4.68. The highest BCUT2D eigenvalue weighted by Gasteiger charge is 2.32. The molecule has 0 heterocycles. The lowest BCUT2D eigenvalue weighted by molar-refractivity contribution is -0.143. The summed E-state index contributed by atoms with van der Waals surface area (Å²) < 4.78 is 5.94. The Morgan fingerprint density at radius 2 is 1.61 bits per heavy atom. The van der Waals surface area contributed by atoms with Gasteiger partial charge in [-0.2, -0.15) is 0 Å². The molecule has 1 fully saturated rings. The second-order valence-electron chi connectivity index (χ2n) is 10.7. The van der Waals surface area contributed by atoms with Crippen LogP contribution in [-0.4, -0.2) is 35.4 Å². The summed E-state index contributed by atoms with van der Waals surface area (Å²) in [5, 5.41) is 3.25. The van der Waals surface area contributed by atoms with E-state index in [0.29, 0.717) is 24.6 Å². The van der Waals surface area contributed by atoms with Gasteiger partial charge in [0, 0.05) is 19.0 Å². The quantitative estimate of drug-likeness (QED) is 0.333. The summed E-state index contributed by atoms with van der Waals surface area (Å²) in [5.41, 5.74) is 4.35. The van der Waals surface area contributed by atoms with Crippen LogP contribution in [0.5, 0.6) is 5.75 Å². The smallest absolute Gasteiger partial charge is 0.261 e. The molecule has 0 unspecified atom stereocenters. The second kappa shape index (κ2) is 13.3. The fourth-order valence-corrected chi connectivity index (χ4v) is 5.11. The van der Waals surface area contributed by atoms with Crippen LogP contribution in [0.1, 0.15) is 67.7 Å². The van der Waals surface area contributed by atoms with Gasteiger partial charge in [0.1, 0.15) is 11.8 Å². The number of amides is 2. The van der Waals surface area contributed by atoms with Crippen molar-refractivity contribution in [3.63, 3.8) is 0 Å². The third-order valence-corrected chi connectivity index (χ3v) is 7.32. The summed E-state index contributed by atoms with van der Waals surface area (Å²) >= 11 is 0. The number of aryl methyl sites for hydroxylation is 1. The lowest BCUT2D eigenvalue weighted by atomic mass is 10.0. The molecule has 0 spiro atoms. The lowest BCUT2D eigenvalue weighted by Gasteiger charge is -2.32. The van der Waals surface area contributed by atoms with E-state index in [-0.39, 0.29) is 24.5 Å². The summed E-state index contributed by atoms with van der Waals surface area (Å²) in [6.45, 7) is 6.53. The standard InChI is InChI=1S/C33H40N2O3/c1-24(2)28-16-18-30(19-17-28)38-23-32(36)35(22-27-13-9-10-25(3)20-27)31(21-26-11-5-4-6-12-26)33(37)34-29-14-7-8-15-29/h4-6,9-13,16-20,24,29,31H,7-8,14-15,21-23H2,1-3H3,(H,34,37)/t31-/m0/s1. The molecule has 2 amide bonds. The normalized spacial score (nSPS) is 14.3. The zero-order valence-electron chi connectivity index (χ0n) is 22.9. The molecule has 3 aromatic rings. The van der Waals surface area contributed by atoms with Gasteiger partial charge in [-0.3, -0.25) is 9.59 Å². The van der Waals surface area contributed by atoms with Gasteiger partial charge in [0.25, 0.3) is 5.91 Å². The van der Waals surface area contributed by atoms with Gasteiger partial charge < -0.3 is 15.0 Å². The van der Waals surface area contributed by atoms with E-state index in [1.54, 1.807) is 4.90 Å². The van der Waals surface area contributed by atoms with Crippen molar-refractivity contribution in [3.8, 4) is 5.75 Å². The van der Waals surface area contributed by atoms with Crippen LogP contribution in [0.4, 0.5) is 0 Å². The van der Waals surface area contributed by atoms with Crippen LogP contribution in [0.3, 0.4) is 0 Å². The lowest BCUT2D eigenvalue weighted by Crippen LogP contribution is -2.53. The number of nitrogens with one attached hydrogen (secondary N) is 1. The van der Waals surface area contributed by atoms with Crippen molar-refractivity contribution >= 4 is 11.8 Å². The SMILES string of the molecule is Cc1cccc(CN(C(=O)COc2ccc(C(C)C)cc2)[C@@H](Cc2ccccc2)C(=O)NC2CCCC2)c1. The first-order valence-electron chi connectivity index (χ1n) is 13.8. The highest BCUT2D eigenvalue weighted by molar-refractivity contribution is 5.88. The van der Waals surface area contributed by atoms with Crippen molar-refractivity contribution in [2.45, 2.75) is 77.4 Å². The van der Waals surface area contributed by atoms with Gasteiger partial charge in [-0.1, -0.05) is 99.0 Å². The first kappa shape index (κ1) is 27.4. The minimum absolute atomic E-state index is 0.0944. The van der Waals surface area contributed by atoms with Gasteiger partial charge in [0.2, 0.25) is 5.91 Å². The number of rotatable bonds is 11. The van der Waals surface area contributed by atoms with Gasteiger partial charge in [-0.15, -0.1) is 0 Å². The minimum atomic E-state index is -0.641. The molecule has 1 saturated carbocycles. The maximum Gasteiger partial charge on any atom is 0.261 e. The van der Waals surface area contributed by atoms with Crippen molar-refractivity contribution in [2.75, 3.05) is 6.61 Å². The van der Waals surface area contributed by atoms with E-state index in [0.717, 1.165) is 42.4 Å². The Labute approximate surface area is 227 Å². The molecule has 5 nitrogen and oxygen atoms in total. The third-order valence-electron chi connectivity index (χ3n) is 7.32. The van der Waals surface area contributed by atoms with E-state index in [2.05, 4.69) is 25.2 Å². The van der Waals surface area contributed by atoms with E-state index in [4.69, 9.17) is 4.74 Å². The minimum Gasteiger partial charge on any atom is -0.484 e. The largest absolute Gasteiger partial charge is 0.484 e. The number of hydrogen-bond donors (Lipinski definition) is 1. The van der Waals surface area contributed by atoms with Crippen molar-refractivity contribution in [2.24, 2.45) is 0 Å². The van der Waals surface area contributed by atoms with Crippen LogP contribution in [0.2, 0.25) is 0 Å². The van der Waals surface area contributed by atoms with Crippen LogP contribution in [0, 0.1) is 6.92 Å². The highest BCUT2D eigenvalue weighted by atomic mass is 16.5.